The summed E-state index contributed by atoms with van der Waals surface area (Å²) in [5.74, 6) is 0.244. The third-order valence-electron chi connectivity index (χ3n) is 5.77. The van der Waals surface area contributed by atoms with Gasteiger partial charge in [-0.15, -0.1) is 11.3 Å². The molecule has 1 heterocycles. The van der Waals surface area contributed by atoms with E-state index in [0.29, 0.717) is 24.3 Å². The minimum atomic E-state index is -3.44. The number of carbonyl (C=O) groups excluding carboxylic acids is 1. The smallest absolute Gasteiger partial charge is 0.407 e. The van der Waals surface area contributed by atoms with E-state index in [2.05, 4.69) is 10.3 Å². The molecule has 0 spiro atoms. The van der Waals surface area contributed by atoms with Crippen molar-refractivity contribution in [3.8, 4) is 16.2 Å². The fraction of sp³-hybridized carbons (Fsp3) is 0.545. The average molecular weight is 465 g/mol. The van der Waals surface area contributed by atoms with Crippen LogP contribution in [-0.2, 0) is 14.6 Å². The summed E-state index contributed by atoms with van der Waals surface area (Å²) in [6.07, 6.45) is 6.10. The molecular weight excluding hydrogens is 436 g/mol. The predicted octanol–water partition coefficient (Wildman–Crippen LogP) is 4.61. The molecular formula is C22H28N2O5S2. The van der Waals surface area contributed by atoms with E-state index >= 15 is 0 Å². The van der Waals surface area contributed by atoms with Crippen LogP contribution < -0.4 is 5.32 Å². The normalized spacial score (nSPS) is 21.8. The molecule has 1 aromatic heterocycles. The van der Waals surface area contributed by atoms with Crippen molar-refractivity contribution >= 4 is 27.3 Å². The molecule has 0 radical (unpaired) electrons. The van der Waals surface area contributed by atoms with E-state index in [1.54, 1.807) is 12.3 Å². The van der Waals surface area contributed by atoms with Crippen LogP contribution in [0, 0.1) is 0 Å². The molecule has 7 nitrogen and oxygen atoms in total. The topological polar surface area (TPSA) is 106 Å². The van der Waals surface area contributed by atoms with Crippen LogP contribution >= 0.6 is 11.3 Å². The first-order chi connectivity index (χ1) is 14.7. The molecule has 2 N–H and O–H groups in total. The van der Waals surface area contributed by atoms with Gasteiger partial charge in [-0.2, -0.15) is 0 Å². The zero-order valence-corrected chi connectivity index (χ0v) is 19.3. The molecule has 2 fully saturated rings. The number of aromatic hydroxyl groups is 1. The minimum Gasteiger partial charge on any atom is -0.508 e. The van der Waals surface area contributed by atoms with Crippen molar-refractivity contribution in [2.24, 2.45) is 0 Å². The van der Waals surface area contributed by atoms with E-state index < -0.39 is 9.84 Å². The Morgan fingerprint density at radius 2 is 1.90 bits per heavy atom. The Labute approximate surface area is 186 Å². The van der Waals surface area contributed by atoms with Gasteiger partial charge in [-0.1, -0.05) is 0 Å². The lowest BCUT2D eigenvalue weighted by Gasteiger charge is -2.28. The van der Waals surface area contributed by atoms with Crippen LogP contribution in [0.4, 0.5) is 4.79 Å². The van der Waals surface area contributed by atoms with Gasteiger partial charge in [-0.25, -0.2) is 18.2 Å². The molecule has 31 heavy (non-hydrogen) atoms. The standard InChI is InChI=1S/C22H28N2O5S2/c1-13(2)29-22(26)24-15-5-3-14(4-6-15)21-23-12-19(30-21)18-10-7-16(25)11-20(18)31(27,28)17-8-9-17/h7,10-15,17,25H,3-6,8-9H2,1-2H3,(H,24,26). The summed E-state index contributed by atoms with van der Waals surface area (Å²) in [6, 6.07) is 4.65. The zero-order chi connectivity index (χ0) is 22.2. The van der Waals surface area contributed by atoms with Crippen LogP contribution in [0.5, 0.6) is 5.75 Å². The lowest BCUT2D eigenvalue weighted by molar-refractivity contribution is 0.109. The number of hydrogen-bond donors (Lipinski definition) is 2. The van der Waals surface area contributed by atoms with Gasteiger partial charge < -0.3 is 15.2 Å². The first-order valence-electron chi connectivity index (χ1n) is 10.7. The van der Waals surface area contributed by atoms with Gasteiger partial charge >= 0.3 is 6.09 Å². The Balaban J connectivity index is 1.46. The summed E-state index contributed by atoms with van der Waals surface area (Å²) in [5.41, 5.74) is 0.611. The SMILES string of the molecule is CC(C)OC(=O)NC1CCC(c2ncc(-c3ccc(O)cc3S(=O)(=O)C3CC3)s2)CC1. The first kappa shape index (κ1) is 22.1. The molecule has 2 saturated carbocycles. The van der Waals surface area contributed by atoms with Crippen molar-refractivity contribution in [3.63, 3.8) is 0 Å². The highest BCUT2D eigenvalue weighted by molar-refractivity contribution is 7.92. The van der Waals surface area contributed by atoms with Crippen molar-refractivity contribution in [2.45, 2.75) is 80.6 Å². The maximum absolute atomic E-state index is 12.9. The van der Waals surface area contributed by atoms with Gasteiger partial charge in [-0.3, -0.25) is 0 Å². The fourth-order valence-electron chi connectivity index (χ4n) is 4.01. The number of carbonyl (C=O) groups is 1. The summed E-state index contributed by atoms with van der Waals surface area (Å²) in [6.45, 7) is 3.65. The molecule has 168 valence electrons. The molecule has 0 aliphatic heterocycles. The van der Waals surface area contributed by atoms with Crippen LogP contribution in [0.15, 0.2) is 29.3 Å². The number of ether oxygens (including phenoxy) is 1. The summed E-state index contributed by atoms with van der Waals surface area (Å²) in [4.78, 5) is 17.4. The number of hydrogen-bond acceptors (Lipinski definition) is 7. The third-order valence-corrected chi connectivity index (χ3v) is 9.26. The number of aromatic nitrogens is 1. The largest absolute Gasteiger partial charge is 0.508 e. The first-order valence-corrected chi connectivity index (χ1v) is 13.1. The van der Waals surface area contributed by atoms with Crippen molar-refractivity contribution in [2.75, 3.05) is 0 Å². The van der Waals surface area contributed by atoms with Gasteiger partial charge in [0.25, 0.3) is 0 Å². The molecule has 1 amide bonds. The molecule has 2 aliphatic carbocycles. The number of phenols is 1. The lowest BCUT2D eigenvalue weighted by atomic mass is 9.86. The van der Waals surface area contributed by atoms with Crippen LogP contribution in [0.3, 0.4) is 0 Å². The second-order valence-electron chi connectivity index (χ2n) is 8.63. The Bertz CT molecular complexity index is 1050. The fourth-order valence-corrected chi connectivity index (χ4v) is 7.08. The van der Waals surface area contributed by atoms with Crippen LogP contribution in [0.25, 0.3) is 10.4 Å². The molecule has 0 saturated heterocycles. The number of alkyl carbamates (subject to hydrolysis) is 1. The van der Waals surface area contributed by atoms with Crippen molar-refractivity contribution in [3.05, 3.63) is 29.4 Å². The van der Waals surface area contributed by atoms with Gasteiger partial charge in [0, 0.05) is 23.7 Å². The van der Waals surface area contributed by atoms with E-state index in [9.17, 15) is 18.3 Å². The van der Waals surface area contributed by atoms with Gasteiger partial charge in [0.05, 0.1) is 26.1 Å². The summed E-state index contributed by atoms with van der Waals surface area (Å²) >= 11 is 1.52. The number of nitrogens with zero attached hydrogens (tertiary/aromatic N) is 1. The van der Waals surface area contributed by atoms with Crippen LogP contribution in [0.2, 0.25) is 0 Å². The molecule has 0 bridgehead atoms. The number of sulfone groups is 1. The van der Waals surface area contributed by atoms with E-state index in [4.69, 9.17) is 4.74 Å². The Hall–Kier alpha value is -2.13. The van der Waals surface area contributed by atoms with E-state index in [-0.39, 0.29) is 34.1 Å². The number of rotatable bonds is 6. The predicted molar refractivity (Wildman–Crippen MR) is 119 cm³/mol. The lowest BCUT2D eigenvalue weighted by Crippen LogP contribution is -2.38. The molecule has 2 aromatic rings. The average Bonchev–Trinajstić information content (AvgIpc) is 3.47. The van der Waals surface area contributed by atoms with Crippen molar-refractivity contribution < 1.29 is 23.1 Å². The highest BCUT2D eigenvalue weighted by atomic mass is 32.2. The zero-order valence-electron chi connectivity index (χ0n) is 17.7. The molecule has 0 unspecified atom stereocenters. The second kappa shape index (κ2) is 8.78. The molecule has 9 heteroatoms. The molecule has 2 aliphatic rings. The highest BCUT2D eigenvalue weighted by Gasteiger charge is 2.38. The number of benzene rings is 1. The van der Waals surface area contributed by atoms with Gasteiger partial charge in [0.15, 0.2) is 9.84 Å². The Kier molecular flexibility index (Phi) is 6.25. The second-order valence-corrected chi connectivity index (χ2v) is 11.9. The minimum absolute atomic E-state index is 0.0467. The molecule has 4 rings (SSSR count). The molecule has 0 atom stereocenters. The van der Waals surface area contributed by atoms with E-state index in [1.165, 1.54) is 23.5 Å². The van der Waals surface area contributed by atoms with Gasteiger partial charge in [0.1, 0.15) is 5.75 Å². The number of nitrogens with one attached hydrogen (secondary N) is 1. The van der Waals surface area contributed by atoms with Crippen molar-refractivity contribution in [1.82, 2.24) is 10.3 Å². The van der Waals surface area contributed by atoms with Gasteiger partial charge in [0.2, 0.25) is 0 Å². The number of phenolic OH excluding ortho intramolecular Hbond substituents is 1. The van der Waals surface area contributed by atoms with Crippen LogP contribution in [-0.4, -0.2) is 42.0 Å². The summed E-state index contributed by atoms with van der Waals surface area (Å²) in [7, 11) is -3.44. The summed E-state index contributed by atoms with van der Waals surface area (Å²) in [5, 5.41) is 13.5. The number of thiazole rings is 1. The Morgan fingerprint density at radius 1 is 1.19 bits per heavy atom. The highest BCUT2D eigenvalue weighted by Crippen LogP contribution is 2.43. The maximum Gasteiger partial charge on any atom is 0.407 e. The monoisotopic (exact) mass is 464 g/mol. The summed E-state index contributed by atoms with van der Waals surface area (Å²) < 4.78 is 30.9. The molecule has 1 aromatic carbocycles. The Morgan fingerprint density at radius 3 is 2.55 bits per heavy atom. The van der Waals surface area contributed by atoms with Crippen LogP contribution in [0.1, 0.15) is 63.3 Å². The number of amides is 1. The maximum atomic E-state index is 12.9. The van der Waals surface area contributed by atoms with E-state index in [1.807, 2.05) is 13.8 Å². The van der Waals surface area contributed by atoms with E-state index in [0.717, 1.165) is 35.6 Å². The van der Waals surface area contributed by atoms with Crippen molar-refractivity contribution in [1.29, 1.82) is 0 Å². The third kappa shape index (κ3) is 5.03. The quantitative estimate of drug-likeness (QED) is 0.647. The van der Waals surface area contributed by atoms with Gasteiger partial charge in [-0.05, 0) is 70.6 Å².